The fourth-order valence-corrected chi connectivity index (χ4v) is 3.27. The molecule has 8 nitrogen and oxygen atoms in total. The molecular weight excluding hydrogens is 419 g/mol. The topological polar surface area (TPSA) is 94.6 Å². The molecule has 0 bridgehead atoms. The summed E-state index contributed by atoms with van der Waals surface area (Å²) >= 11 is 0. The molecule has 0 amide bonds. The number of hydrogen-bond donors (Lipinski definition) is 2. The van der Waals surface area contributed by atoms with Gasteiger partial charge in [-0.05, 0) is 64.2 Å². The molecule has 0 atom stereocenters. The predicted octanol–water partition coefficient (Wildman–Crippen LogP) is 4.20. The molecule has 1 aromatic heterocycles. The molecule has 0 unspecified atom stereocenters. The lowest BCUT2D eigenvalue weighted by molar-refractivity contribution is 0.00578. The second kappa shape index (κ2) is 11.6. The maximum Gasteiger partial charge on any atom is 0.495 e. The zero-order chi connectivity index (χ0) is 24.6. The van der Waals surface area contributed by atoms with E-state index in [-0.39, 0.29) is 0 Å². The molecule has 2 aromatic rings. The molecular formula is C24H37BN4O4. The average molecular weight is 456 g/mol. The molecule has 9 heteroatoms. The number of carbonyl (C=O) groups is 1. The molecule has 1 aliphatic heterocycles. The SMILES string of the molecule is CCC(CC)Nc1ccnc(Nc2ccc(B3OC(C)(C)C(C)(C)O3)c(C=O)c2)n1.COC. The number of aldehydes is 1. The molecule has 180 valence electrons. The van der Waals surface area contributed by atoms with Gasteiger partial charge in [0.25, 0.3) is 0 Å². The molecule has 0 saturated carbocycles. The van der Waals surface area contributed by atoms with Crippen LogP contribution in [-0.2, 0) is 14.0 Å². The van der Waals surface area contributed by atoms with Crippen LogP contribution in [0.2, 0.25) is 0 Å². The van der Waals surface area contributed by atoms with E-state index < -0.39 is 18.3 Å². The number of ether oxygens (including phenoxy) is 1. The third-order valence-corrected chi connectivity index (χ3v) is 5.97. The number of rotatable bonds is 8. The van der Waals surface area contributed by atoms with Crippen LogP contribution in [-0.4, -0.2) is 54.8 Å². The minimum Gasteiger partial charge on any atom is -0.399 e. The van der Waals surface area contributed by atoms with Crippen molar-refractivity contribution in [1.29, 1.82) is 0 Å². The van der Waals surface area contributed by atoms with Crippen molar-refractivity contribution < 1.29 is 18.8 Å². The molecule has 2 heterocycles. The van der Waals surface area contributed by atoms with E-state index in [2.05, 4.69) is 39.2 Å². The van der Waals surface area contributed by atoms with Crippen molar-refractivity contribution in [3.8, 4) is 0 Å². The van der Waals surface area contributed by atoms with Crippen molar-refractivity contribution in [2.45, 2.75) is 71.6 Å². The Balaban J connectivity index is 0.00000122. The highest BCUT2D eigenvalue weighted by molar-refractivity contribution is 6.63. The first kappa shape index (κ1) is 26.8. The van der Waals surface area contributed by atoms with Crippen LogP contribution in [0.15, 0.2) is 30.5 Å². The van der Waals surface area contributed by atoms with Crippen LogP contribution in [0.4, 0.5) is 17.5 Å². The van der Waals surface area contributed by atoms with Gasteiger partial charge in [0.05, 0.1) is 11.2 Å². The number of anilines is 3. The van der Waals surface area contributed by atoms with Gasteiger partial charge >= 0.3 is 7.12 Å². The Bertz CT molecular complexity index is 903. The van der Waals surface area contributed by atoms with Gasteiger partial charge in [0, 0.05) is 37.7 Å². The summed E-state index contributed by atoms with van der Waals surface area (Å²) in [6.45, 7) is 12.2. The van der Waals surface area contributed by atoms with E-state index in [1.807, 2.05) is 45.9 Å². The molecule has 1 saturated heterocycles. The summed E-state index contributed by atoms with van der Waals surface area (Å²) in [6, 6.07) is 7.70. The first-order valence-electron chi connectivity index (χ1n) is 11.3. The Hall–Kier alpha value is -2.49. The Morgan fingerprint density at radius 1 is 1.09 bits per heavy atom. The van der Waals surface area contributed by atoms with Gasteiger partial charge in [0.15, 0.2) is 0 Å². The van der Waals surface area contributed by atoms with Gasteiger partial charge in [-0.25, -0.2) is 4.98 Å². The Kier molecular flexibility index (Phi) is 9.40. The molecule has 33 heavy (non-hydrogen) atoms. The second-order valence-corrected chi connectivity index (χ2v) is 9.01. The van der Waals surface area contributed by atoms with Crippen LogP contribution >= 0.6 is 0 Å². The fraction of sp³-hybridized carbons (Fsp3) is 0.542. The zero-order valence-electron chi connectivity index (χ0n) is 21.1. The third-order valence-electron chi connectivity index (χ3n) is 5.97. The number of hydrogen-bond acceptors (Lipinski definition) is 8. The Labute approximate surface area is 198 Å². The highest BCUT2D eigenvalue weighted by Crippen LogP contribution is 2.36. The van der Waals surface area contributed by atoms with Crippen LogP contribution in [0.1, 0.15) is 64.7 Å². The zero-order valence-corrected chi connectivity index (χ0v) is 21.1. The highest BCUT2D eigenvalue weighted by atomic mass is 16.7. The number of nitrogens with one attached hydrogen (secondary N) is 2. The summed E-state index contributed by atoms with van der Waals surface area (Å²) in [7, 11) is 2.66. The van der Waals surface area contributed by atoms with Gasteiger partial charge in [-0.15, -0.1) is 0 Å². The van der Waals surface area contributed by atoms with Crippen LogP contribution in [0.3, 0.4) is 0 Å². The van der Waals surface area contributed by atoms with Crippen LogP contribution < -0.4 is 16.1 Å². The summed E-state index contributed by atoms with van der Waals surface area (Å²) in [5.41, 5.74) is 0.997. The summed E-state index contributed by atoms with van der Waals surface area (Å²) < 4.78 is 16.4. The van der Waals surface area contributed by atoms with Crippen molar-refractivity contribution in [3.05, 3.63) is 36.0 Å². The van der Waals surface area contributed by atoms with Crippen molar-refractivity contribution >= 4 is 36.3 Å². The highest BCUT2D eigenvalue weighted by Gasteiger charge is 2.52. The molecule has 0 aliphatic carbocycles. The normalized spacial score (nSPS) is 16.2. The van der Waals surface area contributed by atoms with E-state index in [0.29, 0.717) is 23.0 Å². The molecule has 1 fully saturated rings. The van der Waals surface area contributed by atoms with Crippen LogP contribution in [0.5, 0.6) is 0 Å². The van der Waals surface area contributed by atoms with E-state index in [9.17, 15) is 4.79 Å². The van der Waals surface area contributed by atoms with Gasteiger partial charge in [-0.2, -0.15) is 4.98 Å². The van der Waals surface area contributed by atoms with E-state index in [4.69, 9.17) is 9.31 Å². The fourth-order valence-electron chi connectivity index (χ4n) is 3.27. The Morgan fingerprint density at radius 3 is 2.24 bits per heavy atom. The van der Waals surface area contributed by atoms with Gasteiger partial charge < -0.3 is 24.7 Å². The molecule has 0 radical (unpaired) electrons. The van der Waals surface area contributed by atoms with Crippen molar-refractivity contribution in [1.82, 2.24) is 9.97 Å². The van der Waals surface area contributed by atoms with E-state index >= 15 is 0 Å². The second-order valence-electron chi connectivity index (χ2n) is 9.01. The maximum absolute atomic E-state index is 11.8. The van der Waals surface area contributed by atoms with E-state index in [1.54, 1.807) is 26.5 Å². The summed E-state index contributed by atoms with van der Waals surface area (Å²) in [5, 5.41) is 6.58. The molecule has 3 rings (SSSR count). The van der Waals surface area contributed by atoms with Crippen molar-refractivity contribution in [2.75, 3.05) is 24.9 Å². The number of methoxy groups -OCH3 is 1. The number of carbonyl (C=O) groups excluding carboxylic acids is 1. The number of aromatic nitrogens is 2. The largest absolute Gasteiger partial charge is 0.495 e. The van der Waals surface area contributed by atoms with E-state index in [0.717, 1.165) is 30.6 Å². The average Bonchev–Trinajstić information content (AvgIpc) is 2.99. The third kappa shape index (κ3) is 6.75. The van der Waals surface area contributed by atoms with Crippen LogP contribution in [0, 0.1) is 0 Å². The summed E-state index contributed by atoms with van der Waals surface area (Å²) in [6.07, 6.45) is 4.57. The maximum atomic E-state index is 11.8. The van der Waals surface area contributed by atoms with Crippen LogP contribution in [0.25, 0.3) is 0 Å². The number of benzene rings is 1. The monoisotopic (exact) mass is 456 g/mol. The lowest BCUT2D eigenvalue weighted by Crippen LogP contribution is -2.41. The standard InChI is InChI=1S/C22H31BN4O3.C2H6O/c1-7-16(8-2)25-19-11-12-24-20(27-19)26-17-9-10-18(15(13-17)14-28)23-29-21(3,4)22(5,6)30-23;1-3-2/h9-14,16H,7-8H2,1-6H3,(H2,24,25,26,27);1-2H3. The smallest absolute Gasteiger partial charge is 0.399 e. The molecule has 0 spiro atoms. The summed E-state index contributed by atoms with van der Waals surface area (Å²) in [4.78, 5) is 20.6. The molecule has 1 aromatic carbocycles. The predicted molar refractivity (Wildman–Crippen MR) is 134 cm³/mol. The van der Waals surface area contributed by atoms with Gasteiger partial charge in [0.2, 0.25) is 5.95 Å². The minimum absolute atomic E-state index is 0.369. The van der Waals surface area contributed by atoms with Gasteiger partial charge in [-0.1, -0.05) is 19.9 Å². The minimum atomic E-state index is -0.590. The first-order valence-corrected chi connectivity index (χ1v) is 11.3. The quantitative estimate of drug-likeness (QED) is 0.451. The van der Waals surface area contributed by atoms with E-state index in [1.165, 1.54) is 0 Å². The van der Waals surface area contributed by atoms with Crippen molar-refractivity contribution in [3.63, 3.8) is 0 Å². The van der Waals surface area contributed by atoms with Crippen molar-refractivity contribution in [2.24, 2.45) is 0 Å². The van der Waals surface area contributed by atoms with Gasteiger partial charge in [-0.3, -0.25) is 4.79 Å². The summed E-state index contributed by atoms with van der Waals surface area (Å²) in [5.74, 6) is 1.23. The lowest BCUT2D eigenvalue weighted by Gasteiger charge is -2.32. The molecule has 1 aliphatic rings. The molecule has 2 N–H and O–H groups in total. The number of nitrogens with zero attached hydrogens (tertiary/aromatic N) is 2. The first-order chi connectivity index (χ1) is 15.6. The van der Waals surface area contributed by atoms with Gasteiger partial charge in [0.1, 0.15) is 12.1 Å². The lowest BCUT2D eigenvalue weighted by atomic mass is 9.76. The Morgan fingerprint density at radius 2 is 1.70 bits per heavy atom.